The summed E-state index contributed by atoms with van der Waals surface area (Å²) in [5, 5.41) is 9.32. The fraction of sp³-hybridized carbons (Fsp3) is 0.280. The fourth-order valence-electron chi connectivity index (χ4n) is 3.75. The van der Waals surface area contributed by atoms with Gasteiger partial charge >= 0.3 is 0 Å². The maximum atomic E-state index is 12.6. The first-order valence-corrected chi connectivity index (χ1v) is 11.2. The number of Topliss-reactive ketones (excluding diaryl/α,β-unsaturated/α-hetero) is 1. The minimum absolute atomic E-state index is 0.00194. The van der Waals surface area contributed by atoms with Crippen molar-refractivity contribution >= 4 is 29.1 Å². The van der Waals surface area contributed by atoms with Crippen molar-refractivity contribution in [2.45, 2.75) is 12.8 Å². The average molecular weight is 465 g/mol. The van der Waals surface area contributed by atoms with E-state index in [4.69, 9.17) is 16.3 Å². The number of aromatic nitrogens is 2. The van der Waals surface area contributed by atoms with E-state index in [1.165, 1.54) is 0 Å². The first-order valence-electron chi connectivity index (χ1n) is 10.8. The second-order valence-electron chi connectivity index (χ2n) is 7.80. The summed E-state index contributed by atoms with van der Waals surface area (Å²) >= 11 is 5.86. The summed E-state index contributed by atoms with van der Waals surface area (Å²) < 4.78 is 5.19. The van der Waals surface area contributed by atoms with Crippen LogP contribution in [0.4, 0.5) is 5.82 Å². The molecule has 1 aromatic heterocycles. The number of rotatable bonds is 7. The predicted molar refractivity (Wildman–Crippen MR) is 128 cm³/mol. The predicted octanol–water partition coefficient (Wildman–Crippen LogP) is 4.12. The molecule has 33 heavy (non-hydrogen) atoms. The van der Waals surface area contributed by atoms with E-state index in [1.807, 2.05) is 41.3 Å². The smallest absolute Gasteiger partial charge is 0.223 e. The third-order valence-electron chi connectivity index (χ3n) is 5.72. The van der Waals surface area contributed by atoms with Gasteiger partial charge in [0, 0.05) is 55.2 Å². The summed E-state index contributed by atoms with van der Waals surface area (Å²) in [5.41, 5.74) is 2.34. The number of carbonyl (C=O) groups is 2. The van der Waals surface area contributed by atoms with E-state index in [0.29, 0.717) is 36.8 Å². The topological polar surface area (TPSA) is 75.6 Å². The lowest BCUT2D eigenvalue weighted by molar-refractivity contribution is -0.131. The van der Waals surface area contributed by atoms with Crippen LogP contribution in [0.15, 0.2) is 60.7 Å². The molecule has 4 rings (SSSR count). The normalized spacial score (nSPS) is 13.6. The van der Waals surface area contributed by atoms with Crippen LogP contribution in [0.2, 0.25) is 5.02 Å². The Morgan fingerprint density at radius 1 is 0.879 bits per heavy atom. The van der Waals surface area contributed by atoms with Gasteiger partial charge in [0.25, 0.3) is 0 Å². The van der Waals surface area contributed by atoms with E-state index in [1.54, 1.807) is 31.4 Å². The highest BCUT2D eigenvalue weighted by atomic mass is 35.5. The lowest BCUT2D eigenvalue weighted by Gasteiger charge is -2.35. The van der Waals surface area contributed by atoms with Gasteiger partial charge in [0.15, 0.2) is 11.6 Å². The van der Waals surface area contributed by atoms with Gasteiger partial charge in [-0.3, -0.25) is 9.59 Å². The van der Waals surface area contributed by atoms with E-state index < -0.39 is 0 Å². The summed E-state index contributed by atoms with van der Waals surface area (Å²) in [6, 6.07) is 18.3. The summed E-state index contributed by atoms with van der Waals surface area (Å²) in [7, 11) is 1.64. The molecule has 2 heterocycles. The minimum Gasteiger partial charge on any atom is -0.497 e. The van der Waals surface area contributed by atoms with Gasteiger partial charge in [-0.15, -0.1) is 10.2 Å². The van der Waals surface area contributed by atoms with E-state index >= 15 is 0 Å². The Morgan fingerprint density at radius 2 is 1.58 bits per heavy atom. The lowest BCUT2D eigenvalue weighted by Crippen LogP contribution is -2.49. The van der Waals surface area contributed by atoms with Crippen LogP contribution in [0.5, 0.6) is 5.75 Å². The number of piperazine rings is 1. The van der Waals surface area contributed by atoms with Gasteiger partial charge in [0.05, 0.1) is 12.8 Å². The average Bonchev–Trinajstić information content (AvgIpc) is 2.88. The molecule has 170 valence electrons. The lowest BCUT2D eigenvalue weighted by atomic mass is 10.1. The number of anilines is 1. The molecule has 2 aromatic carbocycles. The molecule has 0 aliphatic carbocycles. The zero-order valence-electron chi connectivity index (χ0n) is 18.4. The first-order chi connectivity index (χ1) is 16.0. The molecule has 0 saturated carbocycles. The fourth-order valence-corrected chi connectivity index (χ4v) is 3.88. The van der Waals surface area contributed by atoms with Gasteiger partial charge in [-0.25, -0.2) is 0 Å². The third-order valence-corrected chi connectivity index (χ3v) is 5.98. The van der Waals surface area contributed by atoms with Crippen molar-refractivity contribution in [3.63, 3.8) is 0 Å². The number of ether oxygens (including phenoxy) is 1. The molecule has 1 amide bonds. The number of amides is 1. The largest absolute Gasteiger partial charge is 0.497 e. The van der Waals surface area contributed by atoms with Crippen LogP contribution in [0.1, 0.15) is 23.2 Å². The van der Waals surface area contributed by atoms with Crippen LogP contribution in [0.3, 0.4) is 0 Å². The van der Waals surface area contributed by atoms with Gasteiger partial charge in [-0.2, -0.15) is 0 Å². The van der Waals surface area contributed by atoms with Crippen LogP contribution in [0.25, 0.3) is 11.3 Å². The number of methoxy groups -OCH3 is 1. The monoisotopic (exact) mass is 464 g/mol. The molecule has 8 heteroatoms. The standard InChI is InChI=1S/C25H25ClN4O3/c1-33-21-8-4-18(5-9-21)22-10-12-24(28-27-22)29-14-16-30(17-15-29)25(32)13-11-23(31)19-2-6-20(26)7-3-19/h2-10,12H,11,13-17H2,1H3. The van der Waals surface area contributed by atoms with Crippen molar-refractivity contribution in [1.82, 2.24) is 15.1 Å². The third kappa shape index (κ3) is 5.68. The van der Waals surface area contributed by atoms with Gasteiger partial charge in [0.2, 0.25) is 5.91 Å². The Balaban J connectivity index is 1.27. The molecule has 0 spiro atoms. The van der Waals surface area contributed by atoms with Crippen LogP contribution >= 0.6 is 11.6 Å². The Bertz CT molecular complexity index is 1090. The second kappa shape index (κ2) is 10.4. The van der Waals surface area contributed by atoms with Crippen molar-refractivity contribution in [3.05, 3.63) is 71.2 Å². The molecule has 0 atom stereocenters. The molecule has 0 N–H and O–H groups in total. The molecular weight excluding hydrogens is 440 g/mol. The molecule has 0 unspecified atom stereocenters. The molecule has 1 aliphatic heterocycles. The minimum atomic E-state index is -0.0501. The molecule has 1 aliphatic rings. The quantitative estimate of drug-likeness (QED) is 0.490. The first kappa shape index (κ1) is 22.7. The zero-order chi connectivity index (χ0) is 23.2. The maximum absolute atomic E-state index is 12.6. The van der Waals surface area contributed by atoms with E-state index in [2.05, 4.69) is 15.1 Å². The zero-order valence-corrected chi connectivity index (χ0v) is 19.2. The van der Waals surface area contributed by atoms with E-state index in [9.17, 15) is 9.59 Å². The Hall–Kier alpha value is -3.45. The molecule has 3 aromatic rings. The van der Waals surface area contributed by atoms with Gasteiger partial charge in [-0.1, -0.05) is 11.6 Å². The number of nitrogens with zero attached hydrogens (tertiary/aromatic N) is 4. The van der Waals surface area contributed by atoms with Crippen LogP contribution in [0, 0.1) is 0 Å². The van der Waals surface area contributed by atoms with E-state index in [0.717, 1.165) is 22.8 Å². The summed E-state index contributed by atoms with van der Waals surface area (Å²) in [6.07, 6.45) is 0.400. The van der Waals surface area contributed by atoms with Crippen molar-refractivity contribution in [1.29, 1.82) is 0 Å². The highest BCUT2D eigenvalue weighted by Crippen LogP contribution is 2.22. The SMILES string of the molecule is COc1ccc(-c2ccc(N3CCN(C(=O)CCC(=O)c4ccc(Cl)cc4)CC3)nn2)cc1. The number of carbonyl (C=O) groups excluding carboxylic acids is 2. The van der Waals surface area contributed by atoms with Crippen molar-refractivity contribution < 1.29 is 14.3 Å². The molecule has 0 radical (unpaired) electrons. The number of ketones is 1. The highest BCUT2D eigenvalue weighted by Gasteiger charge is 2.22. The van der Waals surface area contributed by atoms with Crippen LogP contribution in [-0.4, -0.2) is 60.1 Å². The maximum Gasteiger partial charge on any atom is 0.223 e. The van der Waals surface area contributed by atoms with Gasteiger partial charge in [0.1, 0.15) is 5.75 Å². The van der Waals surface area contributed by atoms with Crippen molar-refractivity contribution in [2.75, 3.05) is 38.2 Å². The second-order valence-corrected chi connectivity index (χ2v) is 8.24. The van der Waals surface area contributed by atoms with Gasteiger partial charge in [-0.05, 0) is 60.7 Å². The Labute approximate surface area is 197 Å². The van der Waals surface area contributed by atoms with Gasteiger partial charge < -0.3 is 14.5 Å². The van der Waals surface area contributed by atoms with Crippen LogP contribution < -0.4 is 9.64 Å². The number of halogens is 1. The Kier molecular flexibility index (Phi) is 7.19. The summed E-state index contributed by atoms with van der Waals surface area (Å²) in [4.78, 5) is 28.8. The van der Waals surface area contributed by atoms with Crippen molar-refractivity contribution in [2.24, 2.45) is 0 Å². The van der Waals surface area contributed by atoms with Crippen LogP contribution in [-0.2, 0) is 4.79 Å². The molecule has 1 saturated heterocycles. The molecular formula is C25H25ClN4O3. The highest BCUT2D eigenvalue weighted by molar-refractivity contribution is 6.30. The number of benzene rings is 2. The number of hydrogen-bond donors (Lipinski definition) is 0. The van der Waals surface area contributed by atoms with Crippen molar-refractivity contribution in [3.8, 4) is 17.0 Å². The summed E-state index contributed by atoms with van der Waals surface area (Å²) in [6.45, 7) is 2.53. The molecule has 1 fully saturated rings. The summed E-state index contributed by atoms with van der Waals surface area (Å²) in [5.74, 6) is 1.53. The molecule has 7 nitrogen and oxygen atoms in total. The Morgan fingerprint density at radius 3 is 2.18 bits per heavy atom. The number of hydrogen-bond acceptors (Lipinski definition) is 6. The van der Waals surface area contributed by atoms with E-state index in [-0.39, 0.29) is 24.5 Å². The molecule has 0 bridgehead atoms.